The molecule has 0 bridgehead atoms. The number of carbonyl (C=O) groups excluding carboxylic acids is 1. The smallest absolute Gasteiger partial charge is 0.169 e. The van der Waals surface area contributed by atoms with Crippen LogP contribution in [0.4, 0.5) is 0 Å². The van der Waals surface area contributed by atoms with Gasteiger partial charge >= 0.3 is 0 Å². The third-order valence-electron chi connectivity index (χ3n) is 0.976. The summed E-state index contributed by atoms with van der Waals surface area (Å²) in [6, 6.07) is 1.67. The number of hydrogen-bond donors (Lipinski definition) is 0. The maximum absolute atomic E-state index is 10.5. The van der Waals surface area contributed by atoms with E-state index in [1.165, 1.54) is 6.26 Å². The highest BCUT2D eigenvalue weighted by molar-refractivity contribution is 5.77. The molecule has 0 atom stereocenters. The highest BCUT2D eigenvalue weighted by atomic mass is 16.3. The lowest BCUT2D eigenvalue weighted by Gasteiger charge is -1.85. The molecule has 1 heterocycles. The first kappa shape index (κ1) is 6.08. The second kappa shape index (κ2) is 2.49. The van der Waals surface area contributed by atoms with Gasteiger partial charge in [0.15, 0.2) is 6.26 Å². The Morgan fingerprint density at radius 2 is 2.67 bits per heavy atom. The predicted molar refractivity (Wildman–Crippen MR) is 31.9 cm³/mol. The summed E-state index contributed by atoms with van der Waals surface area (Å²) >= 11 is 0. The predicted octanol–water partition coefficient (Wildman–Crippen LogP) is 1.21. The molecular weight excluding hydrogens is 116 g/mol. The van der Waals surface area contributed by atoms with Crippen molar-refractivity contribution in [2.24, 2.45) is 0 Å². The molecule has 0 unspecified atom stereocenters. The van der Waals surface area contributed by atoms with Crippen molar-refractivity contribution in [3.8, 4) is 0 Å². The van der Waals surface area contributed by atoms with E-state index in [1.54, 1.807) is 13.0 Å². The molecule has 0 aliphatic carbocycles. The molecule has 0 N–H and O–H groups in total. The number of hydrogen-bond acceptors (Lipinski definition) is 2. The second-order valence-corrected chi connectivity index (χ2v) is 1.95. The Bertz CT molecular complexity index is 187. The highest BCUT2D eigenvalue weighted by Crippen LogP contribution is 1.99. The fraction of sp³-hybridized carbons (Fsp3) is 0.286. The van der Waals surface area contributed by atoms with E-state index in [4.69, 9.17) is 0 Å². The molecule has 0 saturated heterocycles. The molecule has 1 aromatic rings. The minimum Gasteiger partial charge on any atom is -0.461 e. The summed E-state index contributed by atoms with van der Waals surface area (Å²) in [6.07, 6.45) is 4.49. The Balaban J connectivity index is 2.58. The zero-order valence-electron chi connectivity index (χ0n) is 5.18. The molecule has 47 valence electrons. The van der Waals surface area contributed by atoms with Crippen LogP contribution in [-0.2, 0) is 11.2 Å². The molecule has 0 spiro atoms. The first-order valence-electron chi connectivity index (χ1n) is 2.72. The Hall–Kier alpha value is -1.05. The lowest BCUT2D eigenvalue weighted by molar-refractivity contribution is -0.116. The lowest BCUT2D eigenvalue weighted by Crippen LogP contribution is -1.93. The molecule has 1 aromatic heterocycles. The number of ketones is 1. The summed E-state index contributed by atoms with van der Waals surface area (Å²) < 4.78 is 4.64. The number of furan rings is 1. The van der Waals surface area contributed by atoms with Gasteiger partial charge < -0.3 is 4.42 Å². The molecule has 2 heteroatoms. The van der Waals surface area contributed by atoms with Crippen LogP contribution in [0.5, 0.6) is 0 Å². The van der Waals surface area contributed by atoms with Gasteiger partial charge in [-0.05, 0) is 18.6 Å². The van der Waals surface area contributed by atoms with Crippen molar-refractivity contribution in [1.29, 1.82) is 0 Å². The van der Waals surface area contributed by atoms with Crippen LogP contribution in [-0.4, -0.2) is 5.78 Å². The maximum atomic E-state index is 10.5. The van der Waals surface area contributed by atoms with E-state index in [2.05, 4.69) is 10.7 Å². The fourth-order valence-corrected chi connectivity index (χ4v) is 0.634. The lowest BCUT2D eigenvalue weighted by atomic mass is 10.2. The number of rotatable bonds is 2. The van der Waals surface area contributed by atoms with Crippen molar-refractivity contribution in [2.45, 2.75) is 13.3 Å². The van der Waals surface area contributed by atoms with Gasteiger partial charge in [0.05, 0.1) is 6.26 Å². The third kappa shape index (κ3) is 1.72. The van der Waals surface area contributed by atoms with E-state index in [1.807, 2.05) is 0 Å². The van der Waals surface area contributed by atoms with Gasteiger partial charge in [-0.25, -0.2) is 0 Å². The van der Waals surface area contributed by atoms with E-state index >= 15 is 0 Å². The SMILES string of the molecule is CC(=O)Cc1c[c]oc1. The average Bonchev–Trinajstić information content (AvgIpc) is 2.15. The third-order valence-corrected chi connectivity index (χ3v) is 0.976. The van der Waals surface area contributed by atoms with Gasteiger partial charge in [0.25, 0.3) is 0 Å². The number of Topliss-reactive ketones (excluding diaryl/α,β-unsaturated/α-hetero) is 1. The fourth-order valence-electron chi connectivity index (χ4n) is 0.634. The van der Waals surface area contributed by atoms with Gasteiger partial charge in [-0.1, -0.05) is 0 Å². The van der Waals surface area contributed by atoms with Crippen LogP contribution in [0.2, 0.25) is 0 Å². The first-order valence-corrected chi connectivity index (χ1v) is 2.72. The van der Waals surface area contributed by atoms with Gasteiger partial charge in [-0.2, -0.15) is 0 Å². The summed E-state index contributed by atoms with van der Waals surface area (Å²) in [5.41, 5.74) is 0.891. The normalized spacial score (nSPS) is 9.44. The van der Waals surface area contributed by atoms with Gasteiger partial charge in [0.1, 0.15) is 5.78 Å². The largest absolute Gasteiger partial charge is 0.461 e. The molecule has 1 radical (unpaired) electrons. The van der Waals surface area contributed by atoms with E-state index in [9.17, 15) is 4.79 Å². The summed E-state index contributed by atoms with van der Waals surface area (Å²) in [6.45, 7) is 1.55. The average molecular weight is 123 g/mol. The molecule has 0 fully saturated rings. The summed E-state index contributed by atoms with van der Waals surface area (Å²) in [5, 5.41) is 0. The van der Waals surface area contributed by atoms with Crippen molar-refractivity contribution in [1.82, 2.24) is 0 Å². The Morgan fingerprint density at radius 3 is 3.11 bits per heavy atom. The highest BCUT2D eigenvalue weighted by Gasteiger charge is 1.96. The van der Waals surface area contributed by atoms with Gasteiger partial charge in [0, 0.05) is 6.42 Å². The molecular formula is C7H7O2. The summed E-state index contributed by atoms with van der Waals surface area (Å²) in [5.74, 6) is 0.143. The second-order valence-electron chi connectivity index (χ2n) is 1.95. The van der Waals surface area contributed by atoms with Crippen molar-refractivity contribution in [2.75, 3.05) is 0 Å². The van der Waals surface area contributed by atoms with Crippen LogP contribution in [0.15, 0.2) is 16.7 Å². The van der Waals surface area contributed by atoms with Crippen molar-refractivity contribution in [3.05, 3.63) is 24.2 Å². The van der Waals surface area contributed by atoms with Crippen LogP contribution < -0.4 is 0 Å². The van der Waals surface area contributed by atoms with Crippen molar-refractivity contribution >= 4 is 5.78 Å². The molecule has 0 aliphatic heterocycles. The quantitative estimate of drug-likeness (QED) is 0.591. The monoisotopic (exact) mass is 123 g/mol. The molecule has 0 saturated carbocycles. The zero-order chi connectivity index (χ0) is 6.69. The maximum Gasteiger partial charge on any atom is 0.169 e. The van der Waals surface area contributed by atoms with Crippen LogP contribution in [0.25, 0.3) is 0 Å². The molecule has 2 nitrogen and oxygen atoms in total. The first-order chi connectivity index (χ1) is 4.29. The molecule has 0 aliphatic rings. The summed E-state index contributed by atoms with van der Waals surface area (Å²) in [4.78, 5) is 10.5. The Labute approximate surface area is 53.5 Å². The Morgan fingerprint density at radius 1 is 1.89 bits per heavy atom. The van der Waals surface area contributed by atoms with Gasteiger partial charge in [0.2, 0.25) is 0 Å². The van der Waals surface area contributed by atoms with Gasteiger partial charge in [-0.3, -0.25) is 4.79 Å². The van der Waals surface area contributed by atoms with Gasteiger partial charge in [-0.15, -0.1) is 0 Å². The molecule has 1 rings (SSSR count). The van der Waals surface area contributed by atoms with E-state index in [-0.39, 0.29) is 5.78 Å². The van der Waals surface area contributed by atoms with Crippen LogP contribution in [0, 0.1) is 6.26 Å². The van der Waals surface area contributed by atoms with Crippen LogP contribution in [0.3, 0.4) is 0 Å². The standard InChI is InChI=1S/C7H7O2/c1-6(8)4-7-2-3-9-5-7/h2,5H,4H2,1H3. The van der Waals surface area contributed by atoms with Crippen molar-refractivity contribution in [3.63, 3.8) is 0 Å². The topological polar surface area (TPSA) is 30.2 Å². The van der Waals surface area contributed by atoms with Crippen LogP contribution in [0.1, 0.15) is 12.5 Å². The van der Waals surface area contributed by atoms with Crippen molar-refractivity contribution < 1.29 is 9.21 Å². The Kier molecular flexibility index (Phi) is 1.68. The zero-order valence-corrected chi connectivity index (χ0v) is 5.18. The van der Waals surface area contributed by atoms with E-state index in [0.29, 0.717) is 6.42 Å². The number of carbonyl (C=O) groups is 1. The molecule has 0 aromatic carbocycles. The summed E-state index contributed by atoms with van der Waals surface area (Å²) in [7, 11) is 0. The van der Waals surface area contributed by atoms with Crippen LogP contribution >= 0.6 is 0 Å². The molecule has 0 amide bonds. The van der Waals surface area contributed by atoms with E-state index in [0.717, 1.165) is 5.56 Å². The minimum absolute atomic E-state index is 0.143. The molecule has 9 heavy (non-hydrogen) atoms. The van der Waals surface area contributed by atoms with E-state index < -0.39 is 0 Å². The minimum atomic E-state index is 0.143.